The van der Waals surface area contributed by atoms with Crippen LogP contribution in [-0.2, 0) is 17.0 Å². The number of nitriles is 2. The fourth-order valence-electron chi connectivity index (χ4n) is 2.21. The number of aromatic nitrogens is 2. The Morgan fingerprint density at radius 2 is 1.85 bits per heavy atom. The maximum atomic E-state index is 12.9. The van der Waals surface area contributed by atoms with Crippen LogP contribution in [0, 0.1) is 22.7 Å². The van der Waals surface area contributed by atoms with Crippen molar-refractivity contribution < 1.29 is 17.4 Å². The molecule has 1 aromatic heterocycles. The van der Waals surface area contributed by atoms with E-state index in [4.69, 9.17) is 28.5 Å². The van der Waals surface area contributed by atoms with Crippen LogP contribution in [0.3, 0.4) is 0 Å². The average molecular weight is 436 g/mol. The lowest BCUT2D eigenvalue weighted by Gasteiger charge is -2.16. The van der Waals surface area contributed by atoms with Gasteiger partial charge in [0, 0.05) is 6.26 Å². The summed E-state index contributed by atoms with van der Waals surface area (Å²) in [4.78, 5) is -0.0216. The minimum absolute atomic E-state index is 0.0216. The number of hydrogen-bond donors (Lipinski definition) is 1. The molecule has 1 heterocycles. The summed E-state index contributed by atoms with van der Waals surface area (Å²) in [6.45, 7) is 1.49. The van der Waals surface area contributed by atoms with Crippen molar-refractivity contribution in [2.45, 2.75) is 24.0 Å². The number of hydrogen-bond acceptors (Lipinski definition) is 5. The Hall–Kier alpha value is -2.27. The lowest BCUT2D eigenvalue weighted by atomic mass is 10.2. The number of anilines is 1. The third-order valence-corrected chi connectivity index (χ3v) is 4.88. The summed E-state index contributed by atoms with van der Waals surface area (Å²) < 4.78 is 51.9. The summed E-state index contributed by atoms with van der Waals surface area (Å²) in [6, 6.07) is 4.19. The molecule has 142 valence electrons. The van der Waals surface area contributed by atoms with E-state index in [2.05, 4.69) is 10.4 Å². The van der Waals surface area contributed by atoms with Crippen molar-refractivity contribution in [1.29, 1.82) is 10.5 Å². The summed E-state index contributed by atoms with van der Waals surface area (Å²) in [5.74, 6) is -0.0232. The lowest BCUT2D eigenvalue weighted by Crippen LogP contribution is -2.17. The van der Waals surface area contributed by atoms with Gasteiger partial charge >= 0.3 is 6.18 Å². The number of nitrogens with one attached hydrogen (secondary N) is 1. The van der Waals surface area contributed by atoms with Gasteiger partial charge in [0.15, 0.2) is 5.69 Å². The Morgan fingerprint density at radius 3 is 2.26 bits per heavy atom. The Kier molecular flexibility index (Phi) is 6.05. The third kappa shape index (κ3) is 4.19. The highest BCUT2D eigenvalue weighted by Crippen LogP contribution is 2.39. The fourth-order valence-corrected chi connectivity index (χ4v) is 3.63. The summed E-state index contributed by atoms with van der Waals surface area (Å²) in [5, 5.41) is 24.2. The first-order chi connectivity index (χ1) is 12.5. The van der Waals surface area contributed by atoms with Crippen LogP contribution in [0.5, 0.6) is 0 Å². The van der Waals surface area contributed by atoms with E-state index in [1.54, 1.807) is 6.07 Å². The van der Waals surface area contributed by atoms with Crippen molar-refractivity contribution in [3.8, 4) is 17.8 Å². The largest absolute Gasteiger partial charge is 0.416 e. The van der Waals surface area contributed by atoms with Gasteiger partial charge in [-0.1, -0.05) is 23.2 Å². The second-order valence-electron chi connectivity index (χ2n) is 5.29. The third-order valence-electron chi connectivity index (χ3n) is 3.34. The van der Waals surface area contributed by atoms with Crippen LogP contribution in [0.15, 0.2) is 17.0 Å². The van der Waals surface area contributed by atoms with Gasteiger partial charge in [0.05, 0.1) is 32.5 Å². The van der Waals surface area contributed by atoms with Gasteiger partial charge in [-0.3, -0.25) is 4.21 Å². The maximum absolute atomic E-state index is 12.9. The first-order valence-corrected chi connectivity index (χ1v) is 9.42. The molecule has 0 aliphatic rings. The lowest BCUT2D eigenvalue weighted by molar-refractivity contribution is -0.137. The topological polar surface area (TPSA) is 94.5 Å². The molecule has 0 aliphatic carbocycles. The van der Waals surface area contributed by atoms with Gasteiger partial charge < -0.3 is 5.32 Å². The van der Waals surface area contributed by atoms with Crippen LogP contribution in [0.4, 0.5) is 19.0 Å². The molecule has 1 aromatic carbocycles. The number of benzene rings is 1. The Bertz CT molecular complexity index is 984. The fraction of sp³-hybridized carbons (Fsp3) is 0.267. The molecule has 2 atom stereocenters. The summed E-state index contributed by atoms with van der Waals surface area (Å²) in [7, 11) is -1.70. The van der Waals surface area contributed by atoms with E-state index in [1.165, 1.54) is 13.2 Å². The molecule has 0 saturated heterocycles. The molecule has 0 spiro atoms. The molecular weight excluding hydrogens is 426 g/mol. The van der Waals surface area contributed by atoms with E-state index in [0.717, 1.165) is 4.68 Å². The minimum atomic E-state index is -4.67. The molecule has 0 bridgehead atoms. The van der Waals surface area contributed by atoms with Gasteiger partial charge in [0.2, 0.25) is 0 Å². The predicted molar refractivity (Wildman–Crippen MR) is 94.3 cm³/mol. The maximum Gasteiger partial charge on any atom is 0.416 e. The van der Waals surface area contributed by atoms with E-state index in [0.29, 0.717) is 12.1 Å². The van der Waals surface area contributed by atoms with Crippen molar-refractivity contribution in [1.82, 2.24) is 9.78 Å². The molecule has 2 aromatic rings. The van der Waals surface area contributed by atoms with Gasteiger partial charge in [0.1, 0.15) is 28.5 Å². The van der Waals surface area contributed by atoms with E-state index >= 15 is 0 Å². The van der Waals surface area contributed by atoms with Gasteiger partial charge in [0.25, 0.3) is 0 Å². The molecule has 0 radical (unpaired) electrons. The molecule has 2 unspecified atom stereocenters. The second-order valence-corrected chi connectivity index (χ2v) is 7.42. The summed E-state index contributed by atoms with van der Waals surface area (Å²) in [6.07, 6.45) is -3.37. The predicted octanol–water partition coefficient (Wildman–Crippen LogP) is 4.13. The summed E-state index contributed by atoms with van der Waals surface area (Å²) >= 11 is 12.0. The van der Waals surface area contributed by atoms with E-state index in [9.17, 15) is 22.6 Å². The Labute approximate surface area is 164 Å². The van der Waals surface area contributed by atoms with Crippen molar-refractivity contribution in [2.75, 3.05) is 11.6 Å². The van der Waals surface area contributed by atoms with Crippen LogP contribution in [0.2, 0.25) is 10.0 Å². The first kappa shape index (κ1) is 21.0. The normalized spacial score (nSPS) is 13.5. The monoisotopic (exact) mass is 435 g/mol. The number of halogens is 5. The van der Waals surface area contributed by atoms with Crippen LogP contribution in [0.1, 0.15) is 18.2 Å². The Morgan fingerprint density at radius 1 is 1.30 bits per heavy atom. The van der Waals surface area contributed by atoms with Gasteiger partial charge in [-0.05, 0) is 19.1 Å². The minimum Gasteiger partial charge on any atom is -0.354 e. The zero-order valence-electron chi connectivity index (χ0n) is 13.7. The highest BCUT2D eigenvalue weighted by atomic mass is 35.5. The molecule has 0 aliphatic heterocycles. The van der Waals surface area contributed by atoms with Crippen molar-refractivity contribution in [3.63, 3.8) is 0 Å². The molecule has 12 heteroatoms. The average Bonchev–Trinajstić information content (AvgIpc) is 2.91. The van der Waals surface area contributed by atoms with Gasteiger partial charge in [-0.25, -0.2) is 4.68 Å². The quantitative estimate of drug-likeness (QED) is 0.778. The summed E-state index contributed by atoms with van der Waals surface area (Å²) in [5.41, 5.74) is -1.45. The smallest absolute Gasteiger partial charge is 0.354 e. The van der Waals surface area contributed by atoms with Crippen LogP contribution < -0.4 is 5.32 Å². The molecule has 27 heavy (non-hydrogen) atoms. The van der Waals surface area contributed by atoms with Gasteiger partial charge in [-0.15, -0.1) is 0 Å². The first-order valence-electron chi connectivity index (χ1n) is 7.10. The van der Waals surface area contributed by atoms with E-state index in [1.807, 2.05) is 6.07 Å². The SMILES string of the molecule is CC(C#N)Nc1c(S(C)=O)c(C#N)nn1-c1c(Cl)cc(C(F)(F)F)cc1Cl. The van der Waals surface area contributed by atoms with Crippen LogP contribution in [-0.4, -0.2) is 26.3 Å². The van der Waals surface area contributed by atoms with Crippen molar-refractivity contribution in [2.24, 2.45) is 0 Å². The van der Waals surface area contributed by atoms with E-state index < -0.39 is 28.6 Å². The van der Waals surface area contributed by atoms with Crippen LogP contribution >= 0.6 is 23.2 Å². The van der Waals surface area contributed by atoms with Crippen LogP contribution in [0.25, 0.3) is 5.69 Å². The number of rotatable bonds is 4. The van der Waals surface area contributed by atoms with Crippen molar-refractivity contribution >= 4 is 39.8 Å². The Balaban J connectivity index is 2.82. The zero-order valence-corrected chi connectivity index (χ0v) is 16.1. The van der Waals surface area contributed by atoms with Crippen molar-refractivity contribution in [3.05, 3.63) is 33.4 Å². The standard InChI is InChI=1S/C15H10Cl2F3N5OS/c1-7(5-21)23-14-13(27(2)26)11(6-22)24-25(14)12-9(16)3-8(4-10(12)17)15(18,19)20/h3-4,7,23H,1-2H3. The second kappa shape index (κ2) is 7.77. The molecule has 0 fully saturated rings. The molecule has 1 N–H and O–H groups in total. The molecular formula is C15H10Cl2F3N5OS. The number of nitrogens with zero attached hydrogens (tertiary/aromatic N) is 4. The van der Waals surface area contributed by atoms with Gasteiger partial charge in [-0.2, -0.15) is 28.8 Å². The molecule has 0 amide bonds. The molecule has 6 nitrogen and oxygen atoms in total. The zero-order chi connectivity index (χ0) is 20.5. The van der Waals surface area contributed by atoms with E-state index in [-0.39, 0.29) is 32.1 Å². The highest BCUT2D eigenvalue weighted by Gasteiger charge is 2.33. The molecule has 2 rings (SSSR count). The number of alkyl halides is 3. The highest BCUT2D eigenvalue weighted by molar-refractivity contribution is 7.84. The molecule has 0 saturated carbocycles.